The van der Waals surface area contributed by atoms with Gasteiger partial charge in [0.2, 0.25) is 5.91 Å². The van der Waals surface area contributed by atoms with E-state index in [-0.39, 0.29) is 35.2 Å². The number of thioether (sulfide) groups is 1. The average molecular weight is 690 g/mol. The normalized spacial score (nSPS) is 11.4. The van der Waals surface area contributed by atoms with Gasteiger partial charge in [-0.05, 0) is 35.7 Å². The molecule has 47 heavy (non-hydrogen) atoms. The van der Waals surface area contributed by atoms with Crippen LogP contribution in [-0.2, 0) is 15.3 Å². The number of rotatable bonds is 15. The summed E-state index contributed by atoms with van der Waals surface area (Å²) in [5.41, 5.74) is 9.36. The SMILES string of the molecule is CC(C)[C@H](NC(=O)CCNCCOc1ccc(-c2c(C#N)c(N)nc(SCc3csc(-c4ccc(Cl)cc4)n3)c2C#N)cc1)C(=O)O. The summed E-state index contributed by atoms with van der Waals surface area (Å²) in [5.74, 6) is -0.563. The van der Waals surface area contributed by atoms with E-state index in [0.717, 1.165) is 16.3 Å². The Kier molecular flexibility index (Phi) is 12.6. The molecule has 242 valence electrons. The Morgan fingerprint density at radius 2 is 1.72 bits per heavy atom. The quantitative estimate of drug-likeness (QED) is 0.0882. The van der Waals surface area contributed by atoms with Crippen LogP contribution < -0.4 is 21.1 Å². The Labute approximate surface area is 285 Å². The zero-order chi connectivity index (χ0) is 33.9. The van der Waals surface area contributed by atoms with Gasteiger partial charge in [-0.1, -0.05) is 61.5 Å². The largest absolute Gasteiger partial charge is 0.492 e. The fourth-order valence-electron chi connectivity index (χ4n) is 4.48. The standard InChI is InChI=1S/C33H32ClN7O4S2/c1-19(2)29(33(43)44)40-27(42)11-12-38-13-14-45-24-9-5-20(6-10-24)28-25(15-35)30(37)41-32(26(28)16-36)47-18-23-17-46-31(39-23)21-3-7-22(34)8-4-21/h3-10,17,19,29,38H,11-14,18H2,1-2H3,(H2,37,41)(H,40,42)(H,43,44)/t29-/m0/s1. The number of carbonyl (C=O) groups excluding carboxylic acids is 1. The molecule has 2 aromatic carbocycles. The van der Waals surface area contributed by atoms with E-state index < -0.39 is 12.0 Å². The number of nitrogens with zero attached hydrogens (tertiary/aromatic N) is 4. The minimum absolute atomic E-state index is 0.0342. The van der Waals surface area contributed by atoms with Gasteiger partial charge < -0.3 is 26.2 Å². The topological polar surface area (TPSA) is 187 Å². The number of nitriles is 2. The number of carboxylic acid groups (broad SMARTS) is 1. The molecule has 0 bridgehead atoms. The molecule has 2 aromatic heterocycles. The number of aromatic nitrogens is 2. The molecule has 0 fully saturated rings. The molecule has 11 nitrogen and oxygen atoms in total. The molecule has 0 radical (unpaired) electrons. The second-order valence-corrected chi connectivity index (χ2v) is 12.8. The van der Waals surface area contributed by atoms with Gasteiger partial charge in [-0.25, -0.2) is 14.8 Å². The van der Waals surface area contributed by atoms with Gasteiger partial charge in [-0.3, -0.25) is 4.79 Å². The van der Waals surface area contributed by atoms with Crippen LogP contribution in [0, 0.1) is 28.6 Å². The fourth-order valence-corrected chi connectivity index (χ4v) is 6.42. The smallest absolute Gasteiger partial charge is 0.326 e. The van der Waals surface area contributed by atoms with Crippen LogP contribution in [0.25, 0.3) is 21.7 Å². The number of hydrogen-bond acceptors (Lipinski definition) is 11. The maximum Gasteiger partial charge on any atom is 0.326 e. The molecule has 14 heteroatoms. The van der Waals surface area contributed by atoms with Gasteiger partial charge in [0.05, 0.1) is 11.3 Å². The molecule has 2 heterocycles. The Morgan fingerprint density at radius 3 is 2.36 bits per heavy atom. The molecule has 5 N–H and O–H groups in total. The van der Waals surface area contributed by atoms with Crippen LogP contribution in [0.3, 0.4) is 0 Å². The summed E-state index contributed by atoms with van der Waals surface area (Å²) < 4.78 is 5.79. The van der Waals surface area contributed by atoms with Gasteiger partial charge in [0, 0.05) is 46.8 Å². The molecule has 1 atom stereocenters. The van der Waals surface area contributed by atoms with Crippen molar-refractivity contribution in [3.8, 4) is 39.6 Å². The van der Waals surface area contributed by atoms with Crippen LogP contribution in [0.2, 0.25) is 5.02 Å². The Hall–Kier alpha value is -4.66. The van der Waals surface area contributed by atoms with E-state index in [0.29, 0.717) is 52.4 Å². The minimum Gasteiger partial charge on any atom is -0.492 e. The van der Waals surface area contributed by atoms with Crippen LogP contribution in [0.1, 0.15) is 37.1 Å². The monoisotopic (exact) mass is 689 g/mol. The van der Waals surface area contributed by atoms with Gasteiger partial charge in [0.25, 0.3) is 0 Å². The molecule has 0 aliphatic carbocycles. The van der Waals surface area contributed by atoms with Crippen LogP contribution >= 0.6 is 34.7 Å². The van der Waals surface area contributed by atoms with Crippen molar-refractivity contribution in [2.45, 2.75) is 37.1 Å². The van der Waals surface area contributed by atoms with Gasteiger partial charge in [0.1, 0.15) is 52.0 Å². The number of benzene rings is 2. The summed E-state index contributed by atoms with van der Waals surface area (Å²) >= 11 is 8.83. The lowest BCUT2D eigenvalue weighted by Gasteiger charge is -2.17. The number of pyridine rings is 1. The van der Waals surface area contributed by atoms with Crippen molar-refractivity contribution >= 4 is 52.4 Å². The number of aliphatic carboxylic acids is 1. The molecule has 1 amide bonds. The molecule has 0 saturated heterocycles. The van der Waals surface area contributed by atoms with Gasteiger partial charge in [-0.15, -0.1) is 11.3 Å². The highest BCUT2D eigenvalue weighted by molar-refractivity contribution is 7.98. The van der Waals surface area contributed by atoms with Crippen molar-refractivity contribution in [1.82, 2.24) is 20.6 Å². The summed E-state index contributed by atoms with van der Waals surface area (Å²) in [4.78, 5) is 32.4. The number of hydrogen-bond donors (Lipinski definition) is 4. The van der Waals surface area contributed by atoms with E-state index in [9.17, 15) is 25.2 Å². The van der Waals surface area contributed by atoms with E-state index in [4.69, 9.17) is 27.1 Å². The van der Waals surface area contributed by atoms with E-state index in [1.54, 1.807) is 38.1 Å². The van der Waals surface area contributed by atoms with E-state index in [1.165, 1.54) is 23.1 Å². The lowest BCUT2D eigenvalue weighted by molar-refractivity contribution is -0.143. The van der Waals surface area contributed by atoms with Crippen molar-refractivity contribution in [2.75, 3.05) is 25.4 Å². The molecule has 0 saturated carbocycles. The second-order valence-electron chi connectivity index (χ2n) is 10.6. The first-order chi connectivity index (χ1) is 22.6. The number of carboxylic acids is 1. The van der Waals surface area contributed by atoms with Crippen LogP contribution in [0.15, 0.2) is 58.9 Å². The lowest BCUT2D eigenvalue weighted by atomic mass is 9.97. The van der Waals surface area contributed by atoms with Crippen molar-refractivity contribution in [2.24, 2.45) is 5.92 Å². The molecular formula is C33H32ClN7O4S2. The number of nitrogens with two attached hydrogens (primary N) is 1. The highest BCUT2D eigenvalue weighted by atomic mass is 35.5. The summed E-state index contributed by atoms with van der Waals surface area (Å²) in [6.07, 6.45) is 0.136. The van der Waals surface area contributed by atoms with Gasteiger partial charge in [0.15, 0.2) is 0 Å². The third-order valence-electron chi connectivity index (χ3n) is 6.88. The summed E-state index contributed by atoms with van der Waals surface area (Å²) in [6, 6.07) is 17.8. The van der Waals surface area contributed by atoms with Crippen LogP contribution in [0.5, 0.6) is 5.75 Å². The highest BCUT2D eigenvalue weighted by Gasteiger charge is 2.23. The zero-order valence-electron chi connectivity index (χ0n) is 25.6. The number of carbonyl (C=O) groups is 2. The van der Waals surface area contributed by atoms with Crippen molar-refractivity contribution in [3.05, 3.63) is 75.8 Å². The first kappa shape index (κ1) is 35.2. The minimum atomic E-state index is -1.06. The number of amides is 1. The summed E-state index contributed by atoms with van der Waals surface area (Å²) in [5, 5.41) is 38.7. The third-order valence-corrected chi connectivity index (χ3v) is 9.09. The summed E-state index contributed by atoms with van der Waals surface area (Å²) in [7, 11) is 0. The molecule has 0 aliphatic heterocycles. The number of anilines is 1. The van der Waals surface area contributed by atoms with Crippen LogP contribution in [0.4, 0.5) is 5.82 Å². The molecule has 4 aromatic rings. The van der Waals surface area contributed by atoms with Gasteiger partial charge in [-0.2, -0.15) is 10.5 Å². The number of halogens is 1. The zero-order valence-corrected chi connectivity index (χ0v) is 28.0. The first-order valence-corrected chi connectivity index (χ1v) is 16.8. The van der Waals surface area contributed by atoms with Crippen LogP contribution in [-0.4, -0.2) is 52.7 Å². The Bertz CT molecular complexity index is 1800. The van der Waals surface area contributed by atoms with Crippen molar-refractivity contribution in [3.63, 3.8) is 0 Å². The molecular weight excluding hydrogens is 658 g/mol. The number of thiazole rings is 1. The maximum atomic E-state index is 12.1. The third kappa shape index (κ3) is 9.44. The summed E-state index contributed by atoms with van der Waals surface area (Å²) in [6.45, 7) is 4.61. The predicted molar refractivity (Wildman–Crippen MR) is 183 cm³/mol. The average Bonchev–Trinajstić information content (AvgIpc) is 3.53. The first-order valence-electron chi connectivity index (χ1n) is 14.5. The molecule has 0 spiro atoms. The highest BCUT2D eigenvalue weighted by Crippen LogP contribution is 2.37. The number of nitrogen functional groups attached to an aromatic ring is 1. The number of ether oxygens (including phenoxy) is 1. The lowest BCUT2D eigenvalue weighted by Crippen LogP contribution is -2.45. The van der Waals surface area contributed by atoms with E-state index in [1.807, 2.05) is 29.6 Å². The molecule has 4 rings (SSSR count). The van der Waals surface area contributed by atoms with E-state index >= 15 is 0 Å². The number of nitrogens with one attached hydrogen (secondary N) is 2. The Balaban J connectivity index is 1.36. The van der Waals surface area contributed by atoms with Crippen molar-refractivity contribution < 1.29 is 19.4 Å². The molecule has 0 unspecified atom stereocenters. The van der Waals surface area contributed by atoms with Gasteiger partial charge >= 0.3 is 5.97 Å². The van der Waals surface area contributed by atoms with Crippen molar-refractivity contribution in [1.29, 1.82) is 10.5 Å². The Morgan fingerprint density at radius 1 is 1.04 bits per heavy atom. The second kappa shape index (κ2) is 16.8. The predicted octanol–water partition coefficient (Wildman–Crippen LogP) is 5.73. The fraction of sp³-hybridized carbons (Fsp3) is 0.273. The van der Waals surface area contributed by atoms with E-state index in [2.05, 4.69) is 27.8 Å². The molecule has 0 aliphatic rings. The maximum absolute atomic E-state index is 12.1.